The lowest BCUT2D eigenvalue weighted by Gasteiger charge is -2.37. The Hall–Kier alpha value is -1.17. The molecule has 20 heavy (non-hydrogen) atoms. The summed E-state index contributed by atoms with van der Waals surface area (Å²) in [5, 5.41) is 11.6. The molecule has 3 heterocycles. The molecule has 1 N–H and O–H groups in total. The summed E-state index contributed by atoms with van der Waals surface area (Å²) < 4.78 is 0. The zero-order chi connectivity index (χ0) is 13.9. The lowest BCUT2D eigenvalue weighted by atomic mass is 10.1. The van der Waals surface area contributed by atoms with Crippen molar-refractivity contribution in [2.24, 2.45) is 0 Å². The summed E-state index contributed by atoms with van der Waals surface area (Å²) >= 11 is 1.79. The van der Waals surface area contributed by atoms with Crippen LogP contribution in [0.4, 0.5) is 0 Å². The predicted molar refractivity (Wildman–Crippen MR) is 82.9 cm³/mol. The highest BCUT2D eigenvalue weighted by Gasteiger charge is 2.22. The van der Waals surface area contributed by atoms with Crippen LogP contribution in [-0.4, -0.2) is 46.2 Å². The second-order valence-corrected chi connectivity index (χ2v) is 6.35. The van der Waals surface area contributed by atoms with Gasteiger partial charge in [-0.1, -0.05) is 0 Å². The minimum absolute atomic E-state index is 0.541. The van der Waals surface area contributed by atoms with Crippen molar-refractivity contribution in [3.8, 4) is 0 Å². The highest BCUT2D eigenvalue weighted by Crippen LogP contribution is 2.23. The number of hydrogen-bond donors (Lipinski definition) is 1. The molecule has 1 aliphatic heterocycles. The third-order valence-electron chi connectivity index (χ3n) is 4.31. The Kier molecular flexibility index (Phi) is 4.19. The maximum Gasteiger partial charge on any atom is 0.0535 e. The van der Waals surface area contributed by atoms with Gasteiger partial charge in [-0.3, -0.25) is 14.9 Å². The van der Waals surface area contributed by atoms with Gasteiger partial charge in [-0.05, 0) is 36.2 Å². The van der Waals surface area contributed by atoms with Gasteiger partial charge in [0.05, 0.1) is 6.20 Å². The number of aryl methyl sites for hydroxylation is 1. The number of H-pyrrole nitrogens is 1. The van der Waals surface area contributed by atoms with E-state index >= 15 is 0 Å². The van der Waals surface area contributed by atoms with E-state index in [0.717, 1.165) is 32.7 Å². The first kappa shape index (κ1) is 13.8. The molecule has 0 spiro atoms. The van der Waals surface area contributed by atoms with Gasteiger partial charge in [0.2, 0.25) is 0 Å². The molecule has 1 aliphatic rings. The third kappa shape index (κ3) is 2.95. The summed E-state index contributed by atoms with van der Waals surface area (Å²) in [5.41, 5.74) is 3.97. The van der Waals surface area contributed by atoms with Gasteiger partial charge in [0.25, 0.3) is 0 Å². The fourth-order valence-electron chi connectivity index (χ4n) is 2.81. The normalized spacial score (nSPS) is 19.3. The Morgan fingerprint density at radius 1 is 1.35 bits per heavy atom. The number of nitrogens with one attached hydrogen (secondary N) is 1. The van der Waals surface area contributed by atoms with Crippen molar-refractivity contribution < 1.29 is 0 Å². The minimum atomic E-state index is 0.541. The van der Waals surface area contributed by atoms with E-state index in [1.165, 1.54) is 16.8 Å². The van der Waals surface area contributed by atoms with Gasteiger partial charge in [-0.25, -0.2) is 0 Å². The van der Waals surface area contributed by atoms with Crippen molar-refractivity contribution >= 4 is 11.3 Å². The minimum Gasteiger partial charge on any atom is -0.296 e. The smallest absolute Gasteiger partial charge is 0.0535 e. The zero-order valence-electron chi connectivity index (χ0n) is 12.2. The fraction of sp³-hybridized carbons (Fsp3) is 0.533. The Morgan fingerprint density at radius 2 is 2.15 bits per heavy atom. The van der Waals surface area contributed by atoms with Crippen molar-refractivity contribution in [2.75, 3.05) is 26.2 Å². The number of hydrogen-bond acceptors (Lipinski definition) is 4. The summed E-state index contributed by atoms with van der Waals surface area (Å²) in [6.45, 7) is 10.00. The van der Waals surface area contributed by atoms with Crippen LogP contribution in [0.1, 0.15) is 29.8 Å². The lowest BCUT2D eigenvalue weighted by Crippen LogP contribution is -2.46. The maximum absolute atomic E-state index is 4.10. The van der Waals surface area contributed by atoms with Crippen LogP contribution in [0.3, 0.4) is 0 Å². The van der Waals surface area contributed by atoms with E-state index in [9.17, 15) is 0 Å². The third-order valence-corrected chi connectivity index (χ3v) is 5.01. The molecule has 0 radical (unpaired) electrons. The van der Waals surface area contributed by atoms with Crippen molar-refractivity contribution in [1.29, 1.82) is 0 Å². The molecule has 0 unspecified atom stereocenters. The molecule has 4 nitrogen and oxygen atoms in total. The summed E-state index contributed by atoms with van der Waals surface area (Å²) in [6, 6.07) is 2.79. The first-order valence-electron chi connectivity index (χ1n) is 7.21. The van der Waals surface area contributed by atoms with Crippen LogP contribution in [0.2, 0.25) is 0 Å². The molecule has 0 amide bonds. The number of aromatic nitrogens is 2. The summed E-state index contributed by atoms with van der Waals surface area (Å²) in [4.78, 5) is 5.11. The van der Waals surface area contributed by atoms with E-state index < -0.39 is 0 Å². The number of piperazine rings is 1. The summed E-state index contributed by atoms with van der Waals surface area (Å²) in [7, 11) is 0. The van der Waals surface area contributed by atoms with E-state index in [2.05, 4.69) is 50.7 Å². The molecular weight excluding hydrogens is 268 g/mol. The number of rotatable bonds is 4. The molecule has 108 valence electrons. The average Bonchev–Trinajstić information content (AvgIpc) is 3.12. The van der Waals surface area contributed by atoms with Crippen molar-refractivity contribution in [1.82, 2.24) is 20.0 Å². The van der Waals surface area contributed by atoms with Crippen LogP contribution in [0.15, 0.2) is 23.0 Å². The molecule has 1 fully saturated rings. The van der Waals surface area contributed by atoms with Gasteiger partial charge in [0, 0.05) is 50.0 Å². The van der Waals surface area contributed by atoms with Gasteiger partial charge in [0.15, 0.2) is 0 Å². The molecule has 2 aromatic rings. The monoisotopic (exact) mass is 290 g/mol. The Bertz CT molecular complexity index is 526. The number of thiophene rings is 1. The van der Waals surface area contributed by atoms with Gasteiger partial charge >= 0.3 is 0 Å². The predicted octanol–water partition coefficient (Wildman–Crippen LogP) is 2.66. The van der Waals surface area contributed by atoms with E-state index in [4.69, 9.17) is 0 Å². The van der Waals surface area contributed by atoms with Crippen molar-refractivity contribution in [3.63, 3.8) is 0 Å². The van der Waals surface area contributed by atoms with Crippen LogP contribution in [0, 0.1) is 6.92 Å². The van der Waals surface area contributed by atoms with Gasteiger partial charge < -0.3 is 0 Å². The molecule has 2 aromatic heterocycles. The second kappa shape index (κ2) is 6.08. The zero-order valence-corrected chi connectivity index (χ0v) is 13.0. The molecule has 1 saturated heterocycles. The second-order valence-electron chi connectivity index (χ2n) is 5.57. The van der Waals surface area contributed by atoms with Crippen molar-refractivity contribution in [3.05, 3.63) is 39.8 Å². The summed E-state index contributed by atoms with van der Waals surface area (Å²) in [6.07, 6.45) is 1.95. The van der Waals surface area contributed by atoms with E-state index in [-0.39, 0.29) is 0 Å². The van der Waals surface area contributed by atoms with Crippen molar-refractivity contribution in [2.45, 2.75) is 26.4 Å². The Balaban J connectivity index is 1.53. The van der Waals surface area contributed by atoms with Crippen LogP contribution in [0.25, 0.3) is 0 Å². The number of aromatic amines is 1. The fourth-order valence-corrected chi connectivity index (χ4v) is 3.56. The first-order chi connectivity index (χ1) is 9.74. The van der Waals surface area contributed by atoms with Crippen LogP contribution in [0.5, 0.6) is 0 Å². The van der Waals surface area contributed by atoms with Crippen LogP contribution in [-0.2, 0) is 6.54 Å². The molecule has 1 atom stereocenters. The quantitative estimate of drug-likeness (QED) is 0.940. The molecular formula is C15H22N4S. The van der Waals surface area contributed by atoms with E-state index in [1.807, 2.05) is 6.20 Å². The Labute approximate surface area is 124 Å². The van der Waals surface area contributed by atoms with E-state index in [0.29, 0.717) is 6.04 Å². The first-order valence-corrected chi connectivity index (χ1v) is 8.15. The lowest BCUT2D eigenvalue weighted by molar-refractivity contribution is 0.0979. The molecule has 5 heteroatoms. The summed E-state index contributed by atoms with van der Waals surface area (Å²) in [5.74, 6) is 0. The highest BCUT2D eigenvalue weighted by atomic mass is 32.1. The Morgan fingerprint density at radius 3 is 2.75 bits per heavy atom. The maximum atomic E-state index is 4.10. The largest absolute Gasteiger partial charge is 0.296 e. The van der Waals surface area contributed by atoms with Crippen LogP contribution < -0.4 is 0 Å². The number of nitrogens with zero attached hydrogens (tertiary/aromatic N) is 3. The standard InChI is InChI=1S/C15H22N4S/c1-12-15(9-16-17-12)10-18-4-6-19(7-5-18)13(2)14-3-8-20-11-14/h3,8-9,11,13H,4-7,10H2,1-2H3,(H,16,17)/t13-/m0/s1. The molecule has 0 aliphatic carbocycles. The van der Waals surface area contributed by atoms with Crippen LogP contribution >= 0.6 is 11.3 Å². The topological polar surface area (TPSA) is 35.2 Å². The molecule has 0 bridgehead atoms. The average molecular weight is 290 g/mol. The highest BCUT2D eigenvalue weighted by molar-refractivity contribution is 7.07. The van der Waals surface area contributed by atoms with Gasteiger partial charge in [-0.15, -0.1) is 0 Å². The SMILES string of the molecule is Cc1[nH]ncc1CN1CCN([C@@H](C)c2ccsc2)CC1. The molecule has 3 rings (SSSR count). The van der Waals surface area contributed by atoms with Gasteiger partial charge in [-0.2, -0.15) is 16.4 Å². The molecule has 0 aromatic carbocycles. The molecule has 0 saturated carbocycles. The van der Waals surface area contributed by atoms with E-state index in [1.54, 1.807) is 11.3 Å². The van der Waals surface area contributed by atoms with Gasteiger partial charge in [0.1, 0.15) is 0 Å².